The first-order valence-electron chi connectivity index (χ1n) is 8.03. The van der Waals surface area contributed by atoms with Crippen LogP contribution < -0.4 is 0 Å². The van der Waals surface area contributed by atoms with E-state index in [4.69, 9.17) is 13.3 Å². The van der Waals surface area contributed by atoms with Crippen LogP contribution in [0.3, 0.4) is 0 Å². The number of rotatable bonds is 8. The van der Waals surface area contributed by atoms with Crippen LogP contribution in [0.4, 0.5) is 0 Å². The molecule has 1 amide bonds. The average molecular weight is 389 g/mol. The zero-order valence-corrected chi connectivity index (χ0v) is 16.2. The van der Waals surface area contributed by atoms with Gasteiger partial charge in [-0.3, -0.25) is 24.0 Å². The van der Waals surface area contributed by atoms with E-state index < -0.39 is 38.6 Å². The van der Waals surface area contributed by atoms with Crippen molar-refractivity contribution < 1.29 is 42.0 Å². The Morgan fingerprint density at radius 2 is 1.54 bits per heavy atom. The van der Waals surface area contributed by atoms with Gasteiger partial charge in [-0.1, -0.05) is 0 Å². The summed E-state index contributed by atoms with van der Waals surface area (Å²) < 4.78 is 19.8. The summed E-state index contributed by atoms with van der Waals surface area (Å²) in [6, 6.07) is -0.0294. The second-order valence-corrected chi connectivity index (χ2v) is 8.31. The summed E-state index contributed by atoms with van der Waals surface area (Å²) in [6.07, 6.45) is 0.312. The predicted molar refractivity (Wildman–Crippen MR) is 87.2 cm³/mol. The summed E-state index contributed by atoms with van der Waals surface area (Å²) in [5.74, 6) is -3.43. The lowest BCUT2D eigenvalue weighted by Gasteiger charge is -2.27. The summed E-state index contributed by atoms with van der Waals surface area (Å²) in [7, 11) is -2.65. The molecule has 26 heavy (non-hydrogen) atoms. The van der Waals surface area contributed by atoms with Gasteiger partial charge in [-0.05, 0) is 6.42 Å². The molecule has 0 radical (unpaired) electrons. The van der Waals surface area contributed by atoms with Gasteiger partial charge in [0, 0.05) is 40.3 Å². The van der Waals surface area contributed by atoms with Gasteiger partial charge in [0.25, 0.3) is 17.9 Å². The number of methoxy groups -OCH3 is 1. The zero-order valence-electron chi connectivity index (χ0n) is 15.2. The molecule has 1 aliphatic heterocycles. The molecule has 10 nitrogen and oxygen atoms in total. The molecule has 0 spiro atoms. The summed E-state index contributed by atoms with van der Waals surface area (Å²) in [5.41, 5.74) is 0. The number of ether oxygens (including phenoxy) is 1. The highest BCUT2D eigenvalue weighted by atomic mass is 28.4. The number of hydrogen-bond acceptors (Lipinski definition) is 9. The van der Waals surface area contributed by atoms with Crippen molar-refractivity contribution in [3.8, 4) is 0 Å². The summed E-state index contributed by atoms with van der Waals surface area (Å²) in [5, 5.41) is 0. The Hall–Kier alpha value is -2.43. The van der Waals surface area contributed by atoms with Gasteiger partial charge >= 0.3 is 14.8 Å². The highest BCUT2D eigenvalue weighted by molar-refractivity contribution is 6.65. The minimum atomic E-state index is -3.90. The Balaban J connectivity index is 2.75. The third-order valence-electron chi connectivity index (χ3n) is 3.56. The Labute approximate surface area is 152 Å². The molecule has 1 atom stereocenters. The Bertz CT molecular complexity index is 551. The van der Waals surface area contributed by atoms with Crippen molar-refractivity contribution in [1.29, 1.82) is 0 Å². The monoisotopic (exact) mass is 389 g/mol. The van der Waals surface area contributed by atoms with Crippen LogP contribution in [0.2, 0.25) is 6.04 Å². The standard InChI is InChI=1S/C15H23NO9Si/c1-10(17)23-26(24-11(2)18,25-12(3)19)7-5-6-16-9-13(8-14(16)20)15(21)22-4/h13H,5-9H2,1-4H3. The maximum atomic E-state index is 12.0. The first-order chi connectivity index (χ1) is 12.1. The van der Waals surface area contributed by atoms with Gasteiger partial charge in [0.2, 0.25) is 5.91 Å². The molecule has 1 unspecified atom stereocenters. The molecular weight excluding hydrogens is 366 g/mol. The van der Waals surface area contributed by atoms with E-state index >= 15 is 0 Å². The van der Waals surface area contributed by atoms with Crippen molar-refractivity contribution in [3.05, 3.63) is 0 Å². The Morgan fingerprint density at radius 1 is 1.04 bits per heavy atom. The van der Waals surface area contributed by atoms with Crippen molar-refractivity contribution in [3.63, 3.8) is 0 Å². The molecule has 0 saturated carbocycles. The normalized spacial score (nSPS) is 16.8. The Kier molecular flexibility index (Phi) is 7.74. The topological polar surface area (TPSA) is 126 Å². The second kappa shape index (κ2) is 9.32. The Morgan fingerprint density at radius 3 is 1.96 bits per heavy atom. The fraction of sp³-hybridized carbons (Fsp3) is 0.667. The third kappa shape index (κ3) is 6.46. The van der Waals surface area contributed by atoms with E-state index in [1.54, 1.807) is 0 Å². The molecule has 1 fully saturated rings. The van der Waals surface area contributed by atoms with Crippen molar-refractivity contribution in [2.75, 3.05) is 20.2 Å². The van der Waals surface area contributed by atoms with E-state index in [1.165, 1.54) is 12.0 Å². The molecule has 1 aliphatic rings. The number of carbonyl (C=O) groups excluding carboxylic acids is 5. The van der Waals surface area contributed by atoms with Crippen molar-refractivity contribution in [1.82, 2.24) is 4.90 Å². The minimum Gasteiger partial charge on any atom is -0.469 e. The number of carbonyl (C=O) groups is 5. The maximum Gasteiger partial charge on any atom is 0.705 e. The SMILES string of the molecule is COC(=O)C1CC(=O)N(CCC[Si](OC(C)=O)(OC(C)=O)OC(C)=O)C1. The van der Waals surface area contributed by atoms with Crippen LogP contribution in [0, 0.1) is 5.92 Å². The largest absolute Gasteiger partial charge is 0.705 e. The molecule has 1 heterocycles. The first kappa shape index (κ1) is 21.6. The first-order valence-corrected chi connectivity index (χ1v) is 9.96. The second-order valence-electron chi connectivity index (χ2n) is 5.83. The molecule has 0 N–H and O–H groups in total. The van der Waals surface area contributed by atoms with Crippen LogP contribution in [-0.2, 0) is 42.0 Å². The van der Waals surface area contributed by atoms with E-state index in [0.717, 1.165) is 20.8 Å². The predicted octanol–water partition coefficient (Wildman–Crippen LogP) is 0.0262. The van der Waals surface area contributed by atoms with E-state index in [1.807, 2.05) is 0 Å². The molecule has 0 bridgehead atoms. The lowest BCUT2D eigenvalue weighted by atomic mass is 10.1. The van der Waals surface area contributed by atoms with Crippen LogP contribution in [0.1, 0.15) is 33.6 Å². The van der Waals surface area contributed by atoms with E-state index in [-0.39, 0.29) is 37.9 Å². The van der Waals surface area contributed by atoms with Crippen LogP contribution in [0.5, 0.6) is 0 Å². The van der Waals surface area contributed by atoms with Crippen LogP contribution in [0.15, 0.2) is 0 Å². The zero-order chi connectivity index (χ0) is 19.9. The lowest BCUT2D eigenvalue weighted by Crippen LogP contribution is -2.49. The van der Waals surface area contributed by atoms with E-state index in [2.05, 4.69) is 4.74 Å². The number of hydrogen-bond donors (Lipinski definition) is 0. The molecule has 0 aromatic rings. The fourth-order valence-electron chi connectivity index (χ4n) is 2.67. The highest BCUT2D eigenvalue weighted by Crippen LogP contribution is 2.23. The molecule has 146 valence electrons. The maximum absolute atomic E-state index is 12.0. The number of likely N-dealkylation sites (tertiary alicyclic amines) is 1. The smallest absolute Gasteiger partial charge is 0.469 e. The van der Waals surface area contributed by atoms with Gasteiger partial charge in [-0.2, -0.15) is 0 Å². The quantitative estimate of drug-likeness (QED) is 0.417. The van der Waals surface area contributed by atoms with Gasteiger partial charge < -0.3 is 22.9 Å². The van der Waals surface area contributed by atoms with E-state index in [9.17, 15) is 24.0 Å². The molecule has 11 heteroatoms. The molecule has 0 aromatic heterocycles. The van der Waals surface area contributed by atoms with Gasteiger partial charge in [0.15, 0.2) is 0 Å². The van der Waals surface area contributed by atoms with Crippen molar-refractivity contribution in [2.24, 2.45) is 5.92 Å². The molecule has 1 rings (SSSR count). The number of esters is 1. The minimum absolute atomic E-state index is 0.0294. The summed E-state index contributed by atoms with van der Waals surface area (Å²) >= 11 is 0. The molecule has 0 aliphatic carbocycles. The van der Waals surface area contributed by atoms with Gasteiger partial charge in [-0.15, -0.1) is 0 Å². The third-order valence-corrected chi connectivity index (χ3v) is 6.32. The average Bonchev–Trinajstić information content (AvgIpc) is 2.85. The molecule has 1 saturated heterocycles. The summed E-state index contributed by atoms with van der Waals surface area (Å²) in [6.45, 7) is 3.78. The number of nitrogens with zero attached hydrogens (tertiary/aromatic N) is 1. The number of amides is 1. The van der Waals surface area contributed by atoms with Gasteiger partial charge in [-0.25, -0.2) is 0 Å². The summed E-state index contributed by atoms with van der Waals surface area (Å²) in [4.78, 5) is 59.0. The van der Waals surface area contributed by atoms with Crippen LogP contribution >= 0.6 is 0 Å². The molecular formula is C15H23NO9Si. The molecule has 0 aromatic carbocycles. The van der Waals surface area contributed by atoms with Crippen LogP contribution in [0.25, 0.3) is 0 Å². The van der Waals surface area contributed by atoms with Crippen molar-refractivity contribution in [2.45, 2.75) is 39.7 Å². The van der Waals surface area contributed by atoms with Crippen molar-refractivity contribution >= 4 is 38.6 Å². The van der Waals surface area contributed by atoms with E-state index in [0.29, 0.717) is 0 Å². The van der Waals surface area contributed by atoms with Crippen LogP contribution in [-0.4, -0.2) is 63.7 Å². The lowest BCUT2D eigenvalue weighted by molar-refractivity contribution is -0.148. The van der Waals surface area contributed by atoms with Gasteiger partial charge in [0.1, 0.15) is 0 Å². The van der Waals surface area contributed by atoms with Gasteiger partial charge in [0.05, 0.1) is 19.1 Å². The fourth-order valence-corrected chi connectivity index (χ4v) is 5.01. The highest BCUT2D eigenvalue weighted by Gasteiger charge is 2.51.